The van der Waals surface area contributed by atoms with Crippen LogP contribution in [0.25, 0.3) is 0 Å². The second kappa shape index (κ2) is 7.16. The smallest absolute Gasteiger partial charge is 0.244 e. The van der Waals surface area contributed by atoms with Gasteiger partial charge in [0.2, 0.25) is 11.9 Å². The molecule has 1 fully saturated rings. The second-order valence-corrected chi connectivity index (χ2v) is 4.57. The highest BCUT2D eigenvalue weighted by molar-refractivity contribution is 5.84. The van der Waals surface area contributed by atoms with Gasteiger partial charge in [0.15, 0.2) is 0 Å². The van der Waals surface area contributed by atoms with Gasteiger partial charge in [-0.25, -0.2) is 9.97 Å². The first-order chi connectivity index (χ1) is 9.76. The summed E-state index contributed by atoms with van der Waals surface area (Å²) in [6.07, 6.45) is 3.59. The highest BCUT2D eigenvalue weighted by atomic mass is 16.5. The van der Waals surface area contributed by atoms with Gasteiger partial charge in [0.1, 0.15) is 6.04 Å². The molecule has 2 heterocycles. The van der Waals surface area contributed by atoms with Crippen molar-refractivity contribution in [1.29, 1.82) is 0 Å². The molecule has 0 spiro atoms. The first-order valence-corrected chi connectivity index (χ1v) is 6.84. The lowest BCUT2D eigenvalue weighted by Gasteiger charge is -2.34. The molecule has 7 heteroatoms. The molecule has 20 heavy (non-hydrogen) atoms. The van der Waals surface area contributed by atoms with Gasteiger partial charge in [-0.05, 0) is 6.54 Å². The van der Waals surface area contributed by atoms with E-state index in [1.54, 1.807) is 19.4 Å². The summed E-state index contributed by atoms with van der Waals surface area (Å²) in [4.78, 5) is 22.5. The van der Waals surface area contributed by atoms with Crippen molar-refractivity contribution >= 4 is 11.9 Å². The number of hydrogen-bond donors (Lipinski definition) is 2. The first-order valence-electron chi connectivity index (χ1n) is 6.84. The van der Waals surface area contributed by atoms with E-state index in [4.69, 9.17) is 4.74 Å². The lowest BCUT2D eigenvalue weighted by molar-refractivity contribution is -0.124. The van der Waals surface area contributed by atoms with Crippen LogP contribution in [0.2, 0.25) is 0 Å². The molecule has 110 valence electrons. The van der Waals surface area contributed by atoms with E-state index in [0.29, 0.717) is 25.7 Å². The van der Waals surface area contributed by atoms with Crippen LogP contribution >= 0.6 is 0 Å². The van der Waals surface area contributed by atoms with Gasteiger partial charge in [0, 0.05) is 38.1 Å². The van der Waals surface area contributed by atoms with Crippen LogP contribution in [0, 0.1) is 0 Å². The van der Waals surface area contributed by atoms with Crippen molar-refractivity contribution in [3.63, 3.8) is 0 Å². The van der Waals surface area contributed by atoms with E-state index in [1.165, 1.54) is 0 Å². The van der Waals surface area contributed by atoms with Gasteiger partial charge in [-0.15, -0.1) is 0 Å². The number of hydrogen-bond acceptors (Lipinski definition) is 6. The van der Waals surface area contributed by atoms with E-state index in [1.807, 2.05) is 4.90 Å². The van der Waals surface area contributed by atoms with Crippen LogP contribution in [0.3, 0.4) is 0 Å². The third kappa shape index (κ3) is 3.43. The third-order valence-electron chi connectivity index (χ3n) is 3.21. The molecule has 2 rings (SSSR count). The monoisotopic (exact) mass is 279 g/mol. The maximum absolute atomic E-state index is 11.9. The Balaban J connectivity index is 2.09. The number of nitrogens with one attached hydrogen (secondary N) is 2. The molecule has 0 bridgehead atoms. The maximum Gasteiger partial charge on any atom is 0.244 e. The number of amides is 1. The van der Waals surface area contributed by atoms with Crippen LogP contribution in [-0.2, 0) is 16.1 Å². The van der Waals surface area contributed by atoms with Crippen LogP contribution in [0.5, 0.6) is 0 Å². The van der Waals surface area contributed by atoms with E-state index in [-0.39, 0.29) is 11.9 Å². The topological polar surface area (TPSA) is 79.4 Å². The van der Waals surface area contributed by atoms with Gasteiger partial charge in [-0.1, -0.05) is 6.92 Å². The average Bonchev–Trinajstić information content (AvgIpc) is 2.52. The van der Waals surface area contributed by atoms with E-state index in [0.717, 1.165) is 18.7 Å². The van der Waals surface area contributed by atoms with Crippen LogP contribution in [0.1, 0.15) is 12.5 Å². The van der Waals surface area contributed by atoms with Gasteiger partial charge in [0.25, 0.3) is 0 Å². The number of morpholine rings is 1. The van der Waals surface area contributed by atoms with Crippen molar-refractivity contribution in [2.45, 2.75) is 19.5 Å². The van der Waals surface area contributed by atoms with E-state index < -0.39 is 0 Å². The molecule has 0 aromatic carbocycles. The van der Waals surface area contributed by atoms with Crippen molar-refractivity contribution in [2.24, 2.45) is 0 Å². The first kappa shape index (κ1) is 14.7. The molecule has 1 amide bonds. The minimum absolute atomic E-state index is 0.0787. The maximum atomic E-state index is 11.9. The minimum Gasteiger partial charge on any atom is -0.377 e. The number of aromatic nitrogens is 2. The Kier molecular flexibility index (Phi) is 5.25. The molecular formula is C13H21N5O2. The largest absolute Gasteiger partial charge is 0.377 e. The summed E-state index contributed by atoms with van der Waals surface area (Å²) >= 11 is 0. The summed E-state index contributed by atoms with van der Waals surface area (Å²) in [6, 6.07) is -0.367. The molecule has 1 unspecified atom stereocenters. The number of carbonyl (C=O) groups excluding carboxylic acids is 1. The molecule has 1 saturated heterocycles. The summed E-state index contributed by atoms with van der Waals surface area (Å²) in [5.41, 5.74) is 1.03. The Morgan fingerprint density at radius 2 is 2.25 bits per heavy atom. The zero-order valence-corrected chi connectivity index (χ0v) is 11.9. The Bertz CT molecular complexity index is 437. The zero-order valence-electron chi connectivity index (χ0n) is 11.9. The SMILES string of the molecule is CCNCc1cnc(N2CCOCC2C(=O)NC)nc1. The lowest BCUT2D eigenvalue weighted by atomic mass is 10.2. The zero-order chi connectivity index (χ0) is 14.4. The van der Waals surface area contributed by atoms with Crippen molar-refractivity contribution in [1.82, 2.24) is 20.6 Å². The lowest BCUT2D eigenvalue weighted by Crippen LogP contribution is -2.54. The molecule has 1 aromatic rings. The van der Waals surface area contributed by atoms with Crippen LogP contribution in [0.4, 0.5) is 5.95 Å². The van der Waals surface area contributed by atoms with Crippen LogP contribution in [-0.4, -0.2) is 55.3 Å². The summed E-state index contributed by atoms with van der Waals surface area (Å²) in [5.74, 6) is 0.493. The van der Waals surface area contributed by atoms with Crippen molar-refractivity contribution in [3.05, 3.63) is 18.0 Å². The number of rotatable bonds is 5. The molecular weight excluding hydrogens is 258 g/mol. The number of carbonyl (C=O) groups is 1. The number of likely N-dealkylation sites (N-methyl/N-ethyl adjacent to an activating group) is 1. The minimum atomic E-state index is -0.367. The average molecular weight is 279 g/mol. The Morgan fingerprint density at radius 3 is 2.90 bits per heavy atom. The van der Waals surface area contributed by atoms with E-state index in [2.05, 4.69) is 27.5 Å². The fraction of sp³-hybridized carbons (Fsp3) is 0.615. The van der Waals surface area contributed by atoms with Gasteiger partial charge in [0.05, 0.1) is 13.2 Å². The van der Waals surface area contributed by atoms with Crippen molar-refractivity contribution < 1.29 is 9.53 Å². The molecule has 0 aliphatic carbocycles. The van der Waals surface area contributed by atoms with Gasteiger partial charge < -0.3 is 20.3 Å². The molecule has 2 N–H and O–H groups in total. The molecule has 0 radical (unpaired) electrons. The quantitative estimate of drug-likeness (QED) is 0.759. The number of ether oxygens (including phenoxy) is 1. The van der Waals surface area contributed by atoms with E-state index >= 15 is 0 Å². The molecule has 1 aromatic heterocycles. The standard InChI is InChI=1S/C13H21N5O2/c1-3-15-6-10-7-16-13(17-8-10)18-4-5-20-9-11(18)12(19)14-2/h7-8,11,15H,3-6,9H2,1-2H3,(H,14,19). The predicted molar refractivity (Wildman–Crippen MR) is 75.4 cm³/mol. The molecule has 0 saturated carbocycles. The fourth-order valence-electron chi connectivity index (χ4n) is 2.08. The summed E-state index contributed by atoms with van der Waals surface area (Å²) in [5, 5.41) is 5.87. The molecule has 1 atom stereocenters. The molecule has 7 nitrogen and oxygen atoms in total. The fourth-order valence-corrected chi connectivity index (χ4v) is 2.08. The van der Waals surface area contributed by atoms with Gasteiger partial charge in [-0.2, -0.15) is 0 Å². The summed E-state index contributed by atoms with van der Waals surface area (Å²) < 4.78 is 5.37. The molecule has 1 aliphatic rings. The van der Waals surface area contributed by atoms with Gasteiger partial charge >= 0.3 is 0 Å². The second-order valence-electron chi connectivity index (χ2n) is 4.57. The van der Waals surface area contributed by atoms with Gasteiger partial charge in [-0.3, -0.25) is 4.79 Å². The number of anilines is 1. The van der Waals surface area contributed by atoms with E-state index in [9.17, 15) is 4.79 Å². The van der Waals surface area contributed by atoms with Crippen molar-refractivity contribution in [3.8, 4) is 0 Å². The summed E-state index contributed by atoms with van der Waals surface area (Å²) in [6.45, 7) is 5.27. The number of nitrogens with zero attached hydrogens (tertiary/aromatic N) is 3. The normalized spacial score (nSPS) is 18.9. The van der Waals surface area contributed by atoms with Crippen molar-refractivity contribution in [2.75, 3.05) is 38.3 Å². The summed E-state index contributed by atoms with van der Waals surface area (Å²) in [7, 11) is 1.62. The Morgan fingerprint density at radius 1 is 1.50 bits per heavy atom. The third-order valence-corrected chi connectivity index (χ3v) is 3.21. The molecule has 1 aliphatic heterocycles. The van der Waals surface area contributed by atoms with Crippen LogP contribution < -0.4 is 15.5 Å². The Hall–Kier alpha value is -1.73. The Labute approximate surface area is 118 Å². The highest BCUT2D eigenvalue weighted by Gasteiger charge is 2.30. The predicted octanol–water partition coefficient (Wildman–Crippen LogP) is -0.463. The van der Waals surface area contributed by atoms with Crippen LogP contribution in [0.15, 0.2) is 12.4 Å². The highest BCUT2D eigenvalue weighted by Crippen LogP contribution is 2.15.